The number of rotatable bonds is 4. The zero-order valence-corrected chi connectivity index (χ0v) is 11.4. The molecule has 1 aromatic carbocycles. The summed E-state index contributed by atoms with van der Waals surface area (Å²) in [6.45, 7) is 3.98. The SMILES string of the molecule is Cc1ccc(NC(=O)CCC2NC(=O)NC2=O)cc1C. The van der Waals surface area contributed by atoms with Crippen molar-refractivity contribution in [3.63, 3.8) is 0 Å². The maximum atomic E-state index is 11.8. The van der Waals surface area contributed by atoms with Crippen molar-refractivity contribution in [2.75, 3.05) is 5.32 Å². The van der Waals surface area contributed by atoms with Gasteiger partial charge in [-0.05, 0) is 43.5 Å². The lowest BCUT2D eigenvalue weighted by atomic mass is 10.1. The van der Waals surface area contributed by atoms with Crippen LogP contribution in [0.3, 0.4) is 0 Å². The van der Waals surface area contributed by atoms with E-state index in [2.05, 4.69) is 16.0 Å². The summed E-state index contributed by atoms with van der Waals surface area (Å²) >= 11 is 0. The minimum atomic E-state index is -0.618. The average Bonchev–Trinajstić information content (AvgIpc) is 2.70. The zero-order valence-electron chi connectivity index (χ0n) is 11.4. The van der Waals surface area contributed by atoms with E-state index in [-0.39, 0.29) is 24.7 Å². The third-order valence-corrected chi connectivity index (χ3v) is 3.31. The number of carbonyl (C=O) groups is 3. The molecule has 1 heterocycles. The first-order valence-corrected chi connectivity index (χ1v) is 6.44. The molecule has 1 unspecified atom stereocenters. The molecule has 6 nitrogen and oxygen atoms in total. The van der Waals surface area contributed by atoms with Crippen LogP contribution in [0.15, 0.2) is 18.2 Å². The van der Waals surface area contributed by atoms with Gasteiger partial charge in [0.1, 0.15) is 6.04 Å². The summed E-state index contributed by atoms with van der Waals surface area (Å²) in [5, 5.41) is 7.37. The summed E-state index contributed by atoms with van der Waals surface area (Å²) in [4.78, 5) is 34.0. The van der Waals surface area contributed by atoms with Crippen molar-refractivity contribution in [3.05, 3.63) is 29.3 Å². The lowest BCUT2D eigenvalue weighted by molar-refractivity contribution is -0.120. The number of benzene rings is 1. The van der Waals surface area contributed by atoms with Crippen LogP contribution in [0.2, 0.25) is 0 Å². The molecule has 2 rings (SSSR count). The molecular formula is C14H17N3O3. The molecule has 0 bridgehead atoms. The van der Waals surface area contributed by atoms with Gasteiger partial charge in [-0.15, -0.1) is 0 Å². The van der Waals surface area contributed by atoms with Gasteiger partial charge >= 0.3 is 6.03 Å². The number of anilines is 1. The summed E-state index contributed by atoms with van der Waals surface area (Å²) in [6.07, 6.45) is 0.458. The van der Waals surface area contributed by atoms with Gasteiger partial charge in [-0.25, -0.2) is 4.79 Å². The van der Waals surface area contributed by atoms with Gasteiger partial charge in [0, 0.05) is 12.1 Å². The summed E-state index contributed by atoms with van der Waals surface area (Å²) in [7, 11) is 0. The highest BCUT2D eigenvalue weighted by Crippen LogP contribution is 2.14. The second-order valence-electron chi connectivity index (χ2n) is 4.90. The molecule has 1 aliphatic heterocycles. The van der Waals surface area contributed by atoms with Crippen molar-refractivity contribution in [1.29, 1.82) is 0 Å². The second kappa shape index (κ2) is 5.73. The van der Waals surface area contributed by atoms with E-state index in [1.165, 1.54) is 0 Å². The summed E-state index contributed by atoms with van der Waals surface area (Å²) in [5.41, 5.74) is 3.00. The molecule has 6 heteroatoms. The molecule has 1 atom stereocenters. The molecule has 0 spiro atoms. The van der Waals surface area contributed by atoms with Gasteiger partial charge in [-0.3, -0.25) is 14.9 Å². The Morgan fingerprint density at radius 1 is 1.25 bits per heavy atom. The number of amides is 4. The van der Waals surface area contributed by atoms with Crippen LogP contribution in [-0.2, 0) is 9.59 Å². The average molecular weight is 275 g/mol. The number of hydrogen-bond donors (Lipinski definition) is 3. The molecule has 3 N–H and O–H groups in total. The molecule has 0 radical (unpaired) electrons. The number of carbonyl (C=O) groups excluding carboxylic acids is 3. The molecule has 0 aromatic heterocycles. The van der Waals surface area contributed by atoms with Crippen molar-refractivity contribution in [2.24, 2.45) is 0 Å². The number of nitrogens with one attached hydrogen (secondary N) is 3. The molecule has 1 aliphatic rings. The molecular weight excluding hydrogens is 258 g/mol. The highest BCUT2D eigenvalue weighted by Gasteiger charge is 2.29. The van der Waals surface area contributed by atoms with Gasteiger partial charge in [0.2, 0.25) is 5.91 Å². The number of urea groups is 1. The largest absolute Gasteiger partial charge is 0.326 e. The first-order chi connectivity index (χ1) is 9.45. The van der Waals surface area contributed by atoms with Crippen LogP contribution in [0.5, 0.6) is 0 Å². The molecule has 1 fully saturated rings. The Bertz CT molecular complexity index is 569. The zero-order chi connectivity index (χ0) is 14.7. The molecule has 1 saturated heterocycles. The Morgan fingerprint density at radius 2 is 2.00 bits per heavy atom. The van der Waals surface area contributed by atoms with E-state index in [1.54, 1.807) is 0 Å². The van der Waals surface area contributed by atoms with Crippen LogP contribution in [0.1, 0.15) is 24.0 Å². The van der Waals surface area contributed by atoms with E-state index in [0.29, 0.717) is 0 Å². The third kappa shape index (κ3) is 3.34. The lowest BCUT2D eigenvalue weighted by Gasteiger charge is -2.09. The van der Waals surface area contributed by atoms with Crippen LogP contribution in [0.4, 0.5) is 10.5 Å². The van der Waals surface area contributed by atoms with E-state index in [0.717, 1.165) is 16.8 Å². The number of imide groups is 1. The van der Waals surface area contributed by atoms with Crippen LogP contribution < -0.4 is 16.0 Å². The molecule has 106 valence electrons. The molecule has 20 heavy (non-hydrogen) atoms. The Morgan fingerprint density at radius 3 is 2.60 bits per heavy atom. The fourth-order valence-corrected chi connectivity index (χ4v) is 1.98. The van der Waals surface area contributed by atoms with E-state index >= 15 is 0 Å². The van der Waals surface area contributed by atoms with Gasteiger partial charge in [0.05, 0.1) is 0 Å². The summed E-state index contributed by atoms with van der Waals surface area (Å²) in [5.74, 6) is -0.559. The lowest BCUT2D eigenvalue weighted by Crippen LogP contribution is -2.30. The van der Waals surface area contributed by atoms with E-state index in [4.69, 9.17) is 0 Å². The van der Waals surface area contributed by atoms with Gasteiger partial charge in [-0.2, -0.15) is 0 Å². The van der Waals surface area contributed by atoms with Crippen LogP contribution in [0, 0.1) is 13.8 Å². The van der Waals surface area contributed by atoms with Crippen molar-refractivity contribution in [2.45, 2.75) is 32.7 Å². The first-order valence-electron chi connectivity index (χ1n) is 6.44. The van der Waals surface area contributed by atoms with Crippen LogP contribution >= 0.6 is 0 Å². The summed E-state index contributed by atoms with van der Waals surface area (Å²) in [6, 6.07) is 4.56. The normalized spacial score (nSPS) is 17.6. The van der Waals surface area contributed by atoms with Crippen LogP contribution in [-0.4, -0.2) is 23.9 Å². The quantitative estimate of drug-likeness (QED) is 0.722. The van der Waals surface area contributed by atoms with Gasteiger partial charge in [0.15, 0.2) is 0 Å². The smallest absolute Gasteiger partial charge is 0.322 e. The monoisotopic (exact) mass is 275 g/mol. The fourth-order valence-electron chi connectivity index (χ4n) is 1.98. The van der Waals surface area contributed by atoms with Gasteiger partial charge in [0.25, 0.3) is 5.91 Å². The third-order valence-electron chi connectivity index (χ3n) is 3.31. The molecule has 0 aliphatic carbocycles. The first kappa shape index (κ1) is 14.0. The van der Waals surface area contributed by atoms with E-state index in [9.17, 15) is 14.4 Å². The second-order valence-corrected chi connectivity index (χ2v) is 4.90. The van der Waals surface area contributed by atoms with E-state index in [1.807, 2.05) is 32.0 Å². The Kier molecular flexibility index (Phi) is 4.02. The molecule has 0 saturated carbocycles. The topological polar surface area (TPSA) is 87.3 Å². The maximum absolute atomic E-state index is 11.8. The highest BCUT2D eigenvalue weighted by molar-refractivity contribution is 6.04. The summed E-state index contributed by atoms with van der Waals surface area (Å²) < 4.78 is 0. The minimum absolute atomic E-state index is 0.172. The fraction of sp³-hybridized carbons (Fsp3) is 0.357. The van der Waals surface area contributed by atoms with Crippen molar-refractivity contribution in [3.8, 4) is 0 Å². The Hall–Kier alpha value is -2.37. The predicted octanol–water partition coefficient (Wildman–Crippen LogP) is 1.23. The van der Waals surface area contributed by atoms with Gasteiger partial charge in [-0.1, -0.05) is 6.07 Å². The number of aryl methyl sites for hydroxylation is 2. The minimum Gasteiger partial charge on any atom is -0.326 e. The van der Waals surface area contributed by atoms with Crippen LogP contribution in [0.25, 0.3) is 0 Å². The van der Waals surface area contributed by atoms with Crippen molar-refractivity contribution >= 4 is 23.5 Å². The maximum Gasteiger partial charge on any atom is 0.322 e. The Balaban J connectivity index is 1.85. The van der Waals surface area contributed by atoms with E-state index < -0.39 is 12.1 Å². The number of hydrogen-bond acceptors (Lipinski definition) is 3. The van der Waals surface area contributed by atoms with Crippen molar-refractivity contribution < 1.29 is 14.4 Å². The predicted molar refractivity (Wildman–Crippen MR) is 74.2 cm³/mol. The van der Waals surface area contributed by atoms with Gasteiger partial charge < -0.3 is 10.6 Å². The standard InChI is InChI=1S/C14H17N3O3/c1-8-3-4-10(7-9(8)2)15-12(18)6-5-11-13(19)17-14(20)16-11/h3-4,7,11H,5-6H2,1-2H3,(H,15,18)(H2,16,17,19,20). The highest BCUT2D eigenvalue weighted by atomic mass is 16.2. The Labute approximate surface area is 116 Å². The molecule has 1 aromatic rings. The molecule has 4 amide bonds. The van der Waals surface area contributed by atoms with Crippen molar-refractivity contribution in [1.82, 2.24) is 10.6 Å².